The number of fused-ring (bicyclic) bond motifs is 9. The number of nitrogens with zero attached hydrogens (tertiary/aromatic N) is 3. The lowest BCUT2D eigenvalue weighted by Gasteiger charge is -2.48. The van der Waals surface area contributed by atoms with Gasteiger partial charge >= 0.3 is 0 Å². The lowest BCUT2D eigenvalue weighted by molar-refractivity contribution is 0.332. The summed E-state index contributed by atoms with van der Waals surface area (Å²) in [6, 6.07) is 54.8. The smallest absolute Gasteiger partial charge is 0.252 e. The molecule has 0 bridgehead atoms. The molecule has 9 aromatic rings. The maximum atomic E-state index is 2.74. The molecule has 13 rings (SSSR count). The van der Waals surface area contributed by atoms with Crippen molar-refractivity contribution in [2.75, 3.05) is 14.7 Å². The summed E-state index contributed by atoms with van der Waals surface area (Å²) in [5, 5.41) is 2.65. The molecule has 2 aliphatic heterocycles. The predicted octanol–water partition coefficient (Wildman–Crippen LogP) is 22.1. The molecule has 448 valence electrons. The molecule has 0 saturated carbocycles. The van der Waals surface area contributed by atoms with Crippen molar-refractivity contribution in [1.29, 1.82) is 0 Å². The van der Waals surface area contributed by atoms with Crippen molar-refractivity contribution in [3.05, 3.63) is 189 Å². The molecule has 0 spiro atoms. The van der Waals surface area contributed by atoms with Crippen LogP contribution in [-0.4, -0.2) is 6.71 Å². The quantitative estimate of drug-likeness (QED) is 0.159. The Morgan fingerprint density at radius 2 is 0.805 bits per heavy atom. The number of hydrogen-bond donors (Lipinski definition) is 0. The molecule has 0 saturated heterocycles. The van der Waals surface area contributed by atoms with Gasteiger partial charge in [0.25, 0.3) is 6.71 Å². The van der Waals surface area contributed by atoms with Crippen LogP contribution in [0.5, 0.6) is 0 Å². The highest BCUT2D eigenvalue weighted by Gasteiger charge is 2.48. The minimum Gasteiger partial charge on any atom is -0.311 e. The van der Waals surface area contributed by atoms with Crippen LogP contribution >= 0.6 is 11.3 Å². The van der Waals surface area contributed by atoms with Gasteiger partial charge in [0.15, 0.2) is 0 Å². The Hall–Kier alpha value is -6.56. The van der Waals surface area contributed by atoms with E-state index in [1.807, 2.05) is 11.3 Å². The van der Waals surface area contributed by atoms with E-state index in [-0.39, 0.29) is 50.0 Å². The van der Waals surface area contributed by atoms with Gasteiger partial charge in [-0.15, -0.1) is 11.3 Å². The summed E-state index contributed by atoms with van der Waals surface area (Å²) < 4.78 is 2.65. The number of hydrogen-bond acceptors (Lipinski definition) is 4. The Balaban J connectivity index is 1.15. The minimum atomic E-state index is -0.172. The van der Waals surface area contributed by atoms with E-state index in [2.05, 4.69) is 300 Å². The largest absolute Gasteiger partial charge is 0.311 e. The second kappa shape index (κ2) is 19.5. The molecule has 87 heavy (non-hydrogen) atoms. The van der Waals surface area contributed by atoms with Crippen LogP contribution < -0.4 is 31.1 Å². The molecule has 0 N–H and O–H groups in total. The van der Waals surface area contributed by atoms with Crippen molar-refractivity contribution in [3.8, 4) is 0 Å². The third kappa shape index (κ3) is 9.72. The van der Waals surface area contributed by atoms with Crippen LogP contribution in [-0.2, 0) is 43.3 Å². The van der Waals surface area contributed by atoms with Gasteiger partial charge in [0.2, 0.25) is 0 Å². The normalized spacial score (nSPS) is 17.4. The van der Waals surface area contributed by atoms with Crippen molar-refractivity contribution in [2.24, 2.45) is 0 Å². The zero-order valence-electron chi connectivity index (χ0n) is 56.9. The van der Waals surface area contributed by atoms with Crippen LogP contribution in [0.4, 0.5) is 51.2 Å². The summed E-state index contributed by atoms with van der Waals surface area (Å²) in [4.78, 5) is 8.02. The summed E-state index contributed by atoms with van der Waals surface area (Å²) in [5.74, 6) is 0. The molecule has 2 aliphatic carbocycles. The van der Waals surface area contributed by atoms with Crippen molar-refractivity contribution in [1.82, 2.24) is 0 Å². The van der Waals surface area contributed by atoms with Gasteiger partial charge in [0, 0.05) is 71.4 Å². The molecule has 0 fully saturated rings. The lowest BCUT2D eigenvalue weighted by Crippen LogP contribution is -2.62. The van der Waals surface area contributed by atoms with Gasteiger partial charge in [-0.25, -0.2) is 0 Å². The summed E-state index contributed by atoms with van der Waals surface area (Å²) >= 11 is 1.94. The van der Waals surface area contributed by atoms with Crippen molar-refractivity contribution < 1.29 is 0 Å². The lowest BCUT2D eigenvalue weighted by atomic mass is 9.33. The Labute approximate surface area is 527 Å². The van der Waals surface area contributed by atoms with Crippen LogP contribution in [0.2, 0.25) is 0 Å². The summed E-state index contributed by atoms with van der Waals surface area (Å²) in [5.41, 5.74) is 29.1. The Morgan fingerprint density at radius 1 is 0.379 bits per heavy atom. The van der Waals surface area contributed by atoms with Crippen LogP contribution in [0, 0.1) is 13.8 Å². The first kappa shape index (κ1) is 59.4. The van der Waals surface area contributed by atoms with E-state index in [9.17, 15) is 0 Å². The van der Waals surface area contributed by atoms with Gasteiger partial charge in [0.1, 0.15) is 0 Å². The molecule has 0 atom stereocenters. The molecule has 5 heteroatoms. The predicted molar refractivity (Wildman–Crippen MR) is 383 cm³/mol. The van der Waals surface area contributed by atoms with Crippen molar-refractivity contribution >= 4 is 106 Å². The van der Waals surface area contributed by atoms with E-state index in [1.165, 1.54) is 144 Å². The number of benzene rings is 8. The minimum absolute atomic E-state index is 0.00728. The van der Waals surface area contributed by atoms with Gasteiger partial charge in [-0.05, 0) is 228 Å². The molecular formula is C82H96BN3S. The van der Waals surface area contributed by atoms with E-state index in [0.717, 1.165) is 24.9 Å². The summed E-state index contributed by atoms with van der Waals surface area (Å²) in [6.45, 7) is 52.7. The molecule has 0 unspecified atom stereocenters. The van der Waals surface area contributed by atoms with Gasteiger partial charge in [-0.1, -0.05) is 199 Å². The molecule has 3 heterocycles. The number of rotatable bonds is 5. The van der Waals surface area contributed by atoms with Crippen molar-refractivity contribution in [3.63, 3.8) is 0 Å². The maximum absolute atomic E-state index is 2.74. The average molecular weight is 1170 g/mol. The highest BCUT2D eigenvalue weighted by atomic mass is 32.1. The fourth-order valence-corrected chi connectivity index (χ4v) is 16.6. The van der Waals surface area contributed by atoms with Gasteiger partial charge in [0.05, 0.1) is 0 Å². The molecule has 3 nitrogen and oxygen atoms in total. The second-order valence-electron chi connectivity index (χ2n) is 33.8. The van der Waals surface area contributed by atoms with E-state index >= 15 is 0 Å². The summed E-state index contributed by atoms with van der Waals surface area (Å²) in [7, 11) is 0. The van der Waals surface area contributed by atoms with Crippen LogP contribution in [0.25, 0.3) is 20.2 Å². The molecule has 4 aliphatic rings. The van der Waals surface area contributed by atoms with E-state index < -0.39 is 0 Å². The number of thiophene rings is 1. The fourth-order valence-electron chi connectivity index (χ4n) is 15.4. The third-order valence-corrected chi connectivity index (χ3v) is 22.5. The Kier molecular flexibility index (Phi) is 13.3. The molecular weight excluding hydrogens is 1070 g/mol. The first-order valence-electron chi connectivity index (χ1n) is 32.7. The molecule has 0 amide bonds. The molecule has 8 aromatic carbocycles. The zero-order chi connectivity index (χ0) is 62.4. The second-order valence-corrected chi connectivity index (χ2v) is 34.9. The first-order valence-corrected chi connectivity index (χ1v) is 33.5. The molecule has 1 aromatic heterocycles. The highest BCUT2D eigenvalue weighted by Crippen LogP contribution is 2.55. The highest BCUT2D eigenvalue weighted by molar-refractivity contribution is 7.25. The summed E-state index contributed by atoms with van der Waals surface area (Å²) in [6.07, 6.45) is 4.66. The van der Waals surface area contributed by atoms with E-state index in [4.69, 9.17) is 0 Å². The van der Waals surface area contributed by atoms with E-state index in [0.29, 0.717) is 0 Å². The molecule has 0 radical (unpaired) electrons. The fraction of sp³-hybridized carbons (Fsp3) is 0.415. The SMILES string of the molecule is Cc1cc(C(C)(C)C)ccc1N(c1ccc2c(c1)N(c1ccc3c(c1)sc1cc(C(C)(C)C)ccc13)c1cc(C(C)(C)C)cc3c1B2c1cc2c(cc1N3c1ccc3c(c1)C(C)(C)CCC3(C)C)C(C)(C)CCC2(C)C)c1ccc(C(C)(C)C)cc1C. The topological polar surface area (TPSA) is 9.72 Å². The number of anilines is 9. The maximum Gasteiger partial charge on any atom is 0.252 e. The van der Waals surface area contributed by atoms with Gasteiger partial charge in [-0.3, -0.25) is 0 Å². The van der Waals surface area contributed by atoms with Crippen molar-refractivity contribution in [2.45, 2.75) is 221 Å². The van der Waals surface area contributed by atoms with Gasteiger partial charge < -0.3 is 14.7 Å². The van der Waals surface area contributed by atoms with Gasteiger partial charge in [-0.2, -0.15) is 0 Å². The van der Waals surface area contributed by atoms with Crippen LogP contribution in [0.3, 0.4) is 0 Å². The average Bonchev–Trinajstić information content (AvgIpc) is 0.977. The van der Waals surface area contributed by atoms with Crippen LogP contribution in [0.15, 0.2) is 133 Å². The standard InChI is InChI=1S/C82H96BN3S/c1-49-39-51(75(3,4)5)24-33-66(49)84(67-34-25-52(40-50(67)2)76(6,7)8)56-28-32-64-68(45-56)86(57-26-30-59-58-29-23-53(77(9,10)11)43-72(58)87-73(59)46-57)71-42-54(78(12,13)14)41-70-74(71)83(64)65-47-62-63(82(21,22)38-37-81(62,19)20)48-69(65)85(70)55-27-31-60-61(44-55)80(17,18)36-35-79(60,15)16/h23-34,39-48H,35-38H2,1-22H3. The number of aryl methyl sites for hydroxylation is 2. The zero-order valence-corrected chi connectivity index (χ0v) is 57.7. The Bertz CT molecular complexity index is 4260. The first-order chi connectivity index (χ1) is 40.4. The van der Waals surface area contributed by atoms with Crippen LogP contribution in [0.1, 0.15) is 220 Å². The monoisotopic (exact) mass is 1170 g/mol. The Morgan fingerprint density at radius 3 is 1.32 bits per heavy atom. The third-order valence-electron chi connectivity index (χ3n) is 21.4. The van der Waals surface area contributed by atoms with E-state index in [1.54, 1.807) is 0 Å².